The lowest BCUT2D eigenvalue weighted by atomic mass is 10.1. The summed E-state index contributed by atoms with van der Waals surface area (Å²) in [6.07, 6.45) is 0. The van der Waals surface area contributed by atoms with E-state index in [2.05, 4.69) is 0 Å². The van der Waals surface area contributed by atoms with Gasteiger partial charge in [-0.05, 0) is 24.3 Å². The van der Waals surface area contributed by atoms with Crippen LogP contribution in [-0.2, 0) is 0 Å². The fourth-order valence-corrected chi connectivity index (χ4v) is 3.90. The maximum absolute atomic E-state index is 12.8. The number of halogens is 2. The highest BCUT2D eigenvalue weighted by atomic mass is 35.5. The lowest BCUT2D eigenvalue weighted by Crippen LogP contribution is -2.49. The molecular weight excluding hydrogens is 421 g/mol. The lowest BCUT2D eigenvalue weighted by Gasteiger charge is -2.36. The molecule has 29 heavy (non-hydrogen) atoms. The highest BCUT2D eigenvalue weighted by Gasteiger charge is 2.27. The third-order valence-corrected chi connectivity index (χ3v) is 5.30. The van der Waals surface area contributed by atoms with E-state index in [-0.39, 0.29) is 21.6 Å². The zero-order chi connectivity index (χ0) is 21.1. The quantitative estimate of drug-likeness (QED) is 0.518. The van der Waals surface area contributed by atoms with Gasteiger partial charge in [0.2, 0.25) is 0 Å². The van der Waals surface area contributed by atoms with Gasteiger partial charge in [-0.25, -0.2) is 0 Å². The number of hydrogen-bond acceptors (Lipinski definition) is 6. The molecule has 0 bridgehead atoms. The van der Waals surface area contributed by atoms with Crippen LogP contribution in [0.4, 0.5) is 11.4 Å². The summed E-state index contributed by atoms with van der Waals surface area (Å²) in [5, 5.41) is 11.9. The molecule has 8 nitrogen and oxygen atoms in total. The van der Waals surface area contributed by atoms with E-state index in [4.69, 9.17) is 32.7 Å². The van der Waals surface area contributed by atoms with Crippen LogP contribution >= 0.6 is 23.2 Å². The topological polar surface area (TPSA) is 85.2 Å². The van der Waals surface area contributed by atoms with Gasteiger partial charge in [0.25, 0.3) is 11.6 Å². The first-order chi connectivity index (χ1) is 13.8. The van der Waals surface area contributed by atoms with Gasteiger partial charge in [0, 0.05) is 31.7 Å². The molecule has 0 spiro atoms. The maximum Gasteiger partial charge on any atom is 0.296 e. The number of amides is 1. The Morgan fingerprint density at radius 2 is 1.66 bits per heavy atom. The first-order valence-corrected chi connectivity index (χ1v) is 9.51. The van der Waals surface area contributed by atoms with E-state index in [1.807, 2.05) is 4.90 Å². The minimum absolute atomic E-state index is 0.0298. The molecule has 0 radical (unpaired) electrons. The number of anilines is 1. The van der Waals surface area contributed by atoms with Crippen molar-refractivity contribution in [2.75, 3.05) is 45.3 Å². The predicted molar refractivity (Wildman–Crippen MR) is 111 cm³/mol. The van der Waals surface area contributed by atoms with E-state index < -0.39 is 4.92 Å². The van der Waals surface area contributed by atoms with E-state index in [9.17, 15) is 14.9 Å². The standard InChI is InChI=1S/C19H19Cl2N3O5/c1-28-13-3-4-16(17(11-13)24(26)27)22-5-7-23(8-6-22)19(25)12-9-14(20)18(29-2)15(21)10-12/h3-4,9-11H,5-8H2,1-2H3. The van der Waals surface area contributed by atoms with Gasteiger partial charge in [0.05, 0.1) is 35.3 Å². The van der Waals surface area contributed by atoms with Crippen LogP contribution in [0.15, 0.2) is 30.3 Å². The van der Waals surface area contributed by atoms with Crippen LogP contribution in [0.5, 0.6) is 11.5 Å². The zero-order valence-corrected chi connectivity index (χ0v) is 17.4. The van der Waals surface area contributed by atoms with Crippen LogP contribution in [-0.4, -0.2) is 56.1 Å². The average molecular weight is 440 g/mol. The van der Waals surface area contributed by atoms with Crippen molar-refractivity contribution >= 4 is 40.5 Å². The minimum Gasteiger partial charge on any atom is -0.496 e. The molecule has 3 rings (SSSR count). The molecular formula is C19H19Cl2N3O5. The predicted octanol–water partition coefficient (Wildman–Crippen LogP) is 3.88. The first kappa shape index (κ1) is 21.0. The van der Waals surface area contributed by atoms with Crippen molar-refractivity contribution in [3.63, 3.8) is 0 Å². The van der Waals surface area contributed by atoms with Crippen molar-refractivity contribution in [3.05, 3.63) is 56.1 Å². The second-order valence-electron chi connectivity index (χ2n) is 6.36. The summed E-state index contributed by atoms with van der Waals surface area (Å²) >= 11 is 12.3. The Bertz CT molecular complexity index is 922. The van der Waals surface area contributed by atoms with Crippen molar-refractivity contribution in [1.29, 1.82) is 0 Å². The molecule has 1 fully saturated rings. The molecule has 1 aliphatic rings. The largest absolute Gasteiger partial charge is 0.496 e. The summed E-state index contributed by atoms with van der Waals surface area (Å²) < 4.78 is 10.2. The number of rotatable bonds is 5. The molecule has 154 valence electrons. The van der Waals surface area contributed by atoms with Crippen molar-refractivity contribution in [2.45, 2.75) is 0 Å². The van der Waals surface area contributed by atoms with Crippen LogP contribution in [0, 0.1) is 10.1 Å². The van der Waals surface area contributed by atoms with Gasteiger partial charge in [-0.15, -0.1) is 0 Å². The third kappa shape index (κ3) is 4.33. The fraction of sp³-hybridized carbons (Fsp3) is 0.316. The second kappa shape index (κ2) is 8.75. The highest BCUT2D eigenvalue weighted by molar-refractivity contribution is 6.37. The fourth-order valence-electron chi connectivity index (χ4n) is 3.26. The van der Waals surface area contributed by atoms with Crippen molar-refractivity contribution in [2.24, 2.45) is 0 Å². The van der Waals surface area contributed by atoms with Crippen LogP contribution in [0.3, 0.4) is 0 Å². The molecule has 1 amide bonds. The van der Waals surface area contributed by atoms with Crippen LogP contribution < -0.4 is 14.4 Å². The Balaban J connectivity index is 1.74. The number of ether oxygens (including phenoxy) is 2. The number of piperazine rings is 1. The highest BCUT2D eigenvalue weighted by Crippen LogP contribution is 2.35. The van der Waals surface area contributed by atoms with E-state index in [0.29, 0.717) is 48.9 Å². The van der Waals surface area contributed by atoms with Gasteiger partial charge in [-0.1, -0.05) is 23.2 Å². The summed E-state index contributed by atoms with van der Waals surface area (Å²) in [6, 6.07) is 7.79. The number of carbonyl (C=O) groups is 1. The van der Waals surface area contributed by atoms with Crippen molar-refractivity contribution in [1.82, 2.24) is 4.90 Å². The van der Waals surface area contributed by atoms with Crippen molar-refractivity contribution in [3.8, 4) is 11.5 Å². The molecule has 0 saturated carbocycles. The van der Waals surface area contributed by atoms with E-state index in [0.717, 1.165) is 0 Å². The number of benzene rings is 2. The summed E-state index contributed by atoms with van der Waals surface area (Å²) in [7, 11) is 2.91. The molecule has 2 aromatic rings. The van der Waals surface area contributed by atoms with E-state index in [1.54, 1.807) is 17.0 Å². The number of methoxy groups -OCH3 is 2. The summed E-state index contributed by atoms with van der Waals surface area (Å²) in [5.41, 5.74) is 0.834. The molecule has 2 aromatic carbocycles. The Morgan fingerprint density at radius 3 is 2.17 bits per heavy atom. The molecule has 10 heteroatoms. The smallest absolute Gasteiger partial charge is 0.296 e. The van der Waals surface area contributed by atoms with Gasteiger partial charge in [-0.2, -0.15) is 0 Å². The van der Waals surface area contributed by atoms with E-state index in [1.165, 1.54) is 32.4 Å². The van der Waals surface area contributed by atoms with Gasteiger partial charge in [-0.3, -0.25) is 14.9 Å². The van der Waals surface area contributed by atoms with Crippen LogP contribution in [0.2, 0.25) is 10.0 Å². The number of carbonyl (C=O) groups excluding carboxylic acids is 1. The van der Waals surface area contributed by atoms with Crippen molar-refractivity contribution < 1.29 is 19.2 Å². The second-order valence-corrected chi connectivity index (χ2v) is 7.18. The molecule has 0 atom stereocenters. The number of nitro groups is 1. The molecule has 1 aliphatic heterocycles. The van der Waals surface area contributed by atoms with Gasteiger partial charge >= 0.3 is 0 Å². The first-order valence-electron chi connectivity index (χ1n) is 8.75. The monoisotopic (exact) mass is 439 g/mol. The Hall–Kier alpha value is -2.71. The van der Waals surface area contributed by atoms with Crippen LogP contribution in [0.1, 0.15) is 10.4 Å². The normalized spacial score (nSPS) is 13.9. The number of nitrogens with zero attached hydrogens (tertiary/aromatic N) is 3. The molecule has 0 aromatic heterocycles. The molecule has 0 aliphatic carbocycles. The summed E-state index contributed by atoms with van der Waals surface area (Å²) in [4.78, 5) is 27.4. The van der Waals surface area contributed by atoms with Gasteiger partial charge in [0.1, 0.15) is 11.4 Å². The Kier molecular flexibility index (Phi) is 6.34. The molecule has 0 unspecified atom stereocenters. The molecule has 1 heterocycles. The van der Waals surface area contributed by atoms with Crippen LogP contribution in [0.25, 0.3) is 0 Å². The Morgan fingerprint density at radius 1 is 1.03 bits per heavy atom. The Labute approximate surface area is 177 Å². The van der Waals surface area contributed by atoms with Gasteiger partial charge in [0.15, 0.2) is 5.75 Å². The summed E-state index contributed by atoms with van der Waals surface area (Å²) in [6.45, 7) is 1.72. The summed E-state index contributed by atoms with van der Waals surface area (Å²) in [5.74, 6) is 0.532. The van der Waals surface area contributed by atoms with E-state index >= 15 is 0 Å². The SMILES string of the molecule is COc1ccc(N2CCN(C(=O)c3cc(Cl)c(OC)c(Cl)c3)CC2)c([N+](=O)[O-])c1. The average Bonchev–Trinajstić information content (AvgIpc) is 2.72. The number of hydrogen-bond donors (Lipinski definition) is 0. The number of nitro benzene ring substituents is 1. The third-order valence-electron chi connectivity index (χ3n) is 4.74. The maximum atomic E-state index is 12.8. The lowest BCUT2D eigenvalue weighted by molar-refractivity contribution is -0.384. The minimum atomic E-state index is -0.434. The molecule has 0 N–H and O–H groups in total. The molecule has 1 saturated heterocycles. The zero-order valence-electron chi connectivity index (χ0n) is 15.9. The van der Waals surface area contributed by atoms with Gasteiger partial charge < -0.3 is 19.3 Å².